The first kappa shape index (κ1) is 17.5. The second-order valence-electron chi connectivity index (χ2n) is 4.36. The van der Waals surface area contributed by atoms with Crippen molar-refractivity contribution >= 4 is 11.9 Å². The Balaban J connectivity index is 2.12. The van der Waals surface area contributed by atoms with Gasteiger partial charge in [0.05, 0.1) is 25.8 Å². The number of ether oxygens (including phenoxy) is 2. The lowest BCUT2D eigenvalue weighted by Crippen LogP contribution is -2.24. The van der Waals surface area contributed by atoms with Gasteiger partial charge in [-0.25, -0.2) is 0 Å². The highest BCUT2D eigenvalue weighted by Gasteiger charge is 2.05. The molecule has 118 valence electrons. The second kappa shape index (κ2) is 10.2. The molecule has 0 unspecified atom stereocenters. The van der Waals surface area contributed by atoms with E-state index in [-0.39, 0.29) is 37.9 Å². The van der Waals surface area contributed by atoms with Gasteiger partial charge in [-0.3, -0.25) is 14.6 Å². The van der Waals surface area contributed by atoms with Crippen LogP contribution in [-0.2, 0) is 14.3 Å². The molecule has 1 rings (SSSR count). The van der Waals surface area contributed by atoms with Crippen molar-refractivity contribution in [2.24, 2.45) is 0 Å². The lowest BCUT2D eigenvalue weighted by molar-refractivity contribution is -0.144. The molecule has 1 N–H and O–H groups in total. The number of rotatable bonds is 7. The smallest absolute Gasteiger partial charge is 0.306 e. The van der Waals surface area contributed by atoms with Gasteiger partial charge in [0.25, 0.3) is 0 Å². The Morgan fingerprint density at radius 2 is 2.09 bits per heavy atom. The number of hydrogen-bond donors (Lipinski definition) is 1. The number of nitrogens with one attached hydrogen (secondary N) is 1. The lowest BCUT2D eigenvalue weighted by atomic mass is 10.3. The van der Waals surface area contributed by atoms with E-state index in [1.165, 1.54) is 0 Å². The molecular formula is C16H20N2O4. The van der Waals surface area contributed by atoms with Gasteiger partial charge in [-0.15, -0.1) is 0 Å². The van der Waals surface area contributed by atoms with Crippen LogP contribution in [0.2, 0.25) is 0 Å². The summed E-state index contributed by atoms with van der Waals surface area (Å²) in [5.41, 5.74) is 0.920. The van der Waals surface area contributed by atoms with Crippen molar-refractivity contribution in [3.05, 3.63) is 24.0 Å². The summed E-state index contributed by atoms with van der Waals surface area (Å²) in [5, 5.41) is 2.60. The molecule has 6 nitrogen and oxygen atoms in total. The summed E-state index contributed by atoms with van der Waals surface area (Å²) in [7, 11) is 0. The van der Waals surface area contributed by atoms with Gasteiger partial charge < -0.3 is 14.8 Å². The number of esters is 1. The van der Waals surface area contributed by atoms with Gasteiger partial charge in [-0.1, -0.05) is 11.8 Å². The molecule has 0 radical (unpaired) electrons. The molecule has 6 heteroatoms. The molecule has 22 heavy (non-hydrogen) atoms. The maximum Gasteiger partial charge on any atom is 0.306 e. The predicted octanol–water partition coefficient (Wildman–Crippen LogP) is 1.23. The number of carbonyl (C=O) groups excluding carboxylic acids is 2. The van der Waals surface area contributed by atoms with Crippen LogP contribution in [0.1, 0.15) is 25.5 Å². The van der Waals surface area contributed by atoms with E-state index in [1.54, 1.807) is 13.1 Å². The SMILES string of the molecule is CCOC(=O)CCC(=O)NCC#CCOc1ccc(C)nc1. The summed E-state index contributed by atoms with van der Waals surface area (Å²) in [6, 6.07) is 3.67. The van der Waals surface area contributed by atoms with Crippen LogP contribution < -0.4 is 10.1 Å². The molecule has 1 amide bonds. The van der Waals surface area contributed by atoms with Gasteiger partial charge in [-0.2, -0.15) is 0 Å². The summed E-state index contributed by atoms with van der Waals surface area (Å²) in [4.78, 5) is 26.6. The van der Waals surface area contributed by atoms with E-state index in [9.17, 15) is 9.59 Å². The van der Waals surface area contributed by atoms with E-state index in [1.807, 2.05) is 19.1 Å². The van der Waals surface area contributed by atoms with Crippen molar-refractivity contribution in [1.82, 2.24) is 10.3 Å². The van der Waals surface area contributed by atoms with Gasteiger partial charge in [-0.05, 0) is 26.0 Å². The average Bonchev–Trinajstić information content (AvgIpc) is 2.51. The average molecular weight is 304 g/mol. The Hall–Kier alpha value is -2.55. The van der Waals surface area contributed by atoms with Crippen LogP contribution >= 0.6 is 0 Å². The van der Waals surface area contributed by atoms with Crippen molar-refractivity contribution in [2.45, 2.75) is 26.7 Å². The lowest BCUT2D eigenvalue weighted by Gasteiger charge is -2.02. The van der Waals surface area contributed by atoms with Gasteiger partial charge in [0, 0.05) is 12.1 Å². The van der Waals surface area contributed by atoms with E-state index in [4.69, 9.17) is 9.47 Å². The third-order valence-electron chi connectivity index (χ3n) is 2.56. The number of aromatic nitrogens is 1. The number of hydrogen-bond acceptors (Lipinski definition) is 5. The minimum Gasteiger partial charge on any atom is -0.479 e. The van der Waals surface area contributed by atoms with Crippen LogP contribution in [0.4, 0.5) is 0 Å². The maximum absolute atomic E-state index is 11.4. The van der Waals surface area contributed by atoms with Gasteiger partial charge in [0.1, 0.15) is 12.4 Å². The predicted molar refractivity (Wildman–Crippen MR) is 81.1 cm³/mol. The Bertz CT molecular complexity index is 544. The van der Waals surface area contributed by atoms with Crippen LogP contribution in [0.15, 0.2) is 18.3 Å². The van der Waals surface area contributed by atoms with Crippen LogP contribution in [0.3, 0.4) is 0 Å². The third kappa shape index (κ3) is 7.90. The zero-order valence-corrected chi connectivity index (χ0v) is 12.8. The monoisotopic (exact) mass is 304 g/mol. The van der Waals surface area contributed by atoms with Crippen LogP contribution in [0, 0.1) is 18.8 Å². The van der Waals surface area contributed by atoms with Gasteiger partial charge in [0.15, 0.2) is 0 Å². The molecule has 0 atom stereocenters. The highest BCUT2D eigenvalue weighted by Crippen LogP contribution is 2.07. The van der Waals surface area contributed by atoms with E-state index in [2.05, 4.69) is 22.1 Å². The van der Waals surface area contributed by atoms with Crippen LogP contribution in [0.5, 0.6) is 5.75 Å². The topological polar surface area (TPSA) is 77.5 Å². The Labute approximate surface area is 130 Å². The number of aryl methyl sites for hydroxylation is 1. The minimum atomic E-state index is -0.371. The highest BCUT2D eigenvalue weighted by atomic mass is 16.5. The molecule has 1 heterocycles. The fourth-order valence-corrected chi connectivity index (χ4v) is 1.45. The number of nitrogens with zero attached hydrogens (tertiary/aromatic N) is 1. The molecular weight excluding hydrogens is 284 g/mol. The third-order valence-corrected chi connectivity index (χ3v) is 2.56. The molecule has 0 saturated carbocycles. The number of pyridine rings is 1. The summed E-state index contributed by atoms with van der Waals surface area (Å²) in [6.07, 6.45) is 1.82. The van der Waals surface area contributed by atoms with E-state index in [0.717, 1.165) is 5.69 Å². The highest BCUT2D eigenvalue weighted by molar-refractivity contribution is 5.81. The van der Waals surface area contributed by atoms with E-state index < -0.39 is 0 Å². The molecule has 0 aliphatic rings. The largest absolute Gasteiger partial charge is 0.479 e. The molecule has 0 bridgehead atoms. The molecule has 1 aromatic heterocycles. The summed E-state index contributed by atoms with van der Waals surface area (Å²) < 4.78 is 10.1. The zero-order chi connectivity index (χ0) is 16.2. The first-order valence-corrected chi connectivity index (χ1v) is 7.05. The summed E-state index contributed by atoms with van der Waals surface area (Å²) in [6.45, 7) is 4.39. The molecule has 0 saturated heterocycles. The van der Waals surface area contributed by atoms with Crippen molar-refractivity contribution in [2.75, 3.05) is 19.8 Å². The molecule has 0 spiro atoms. The summed E-state index contributed by atoms with van der Waals surface area (Å²) in [5.74, 6) is 5.60. The van der Waals surface area contributed by atoms with Crippen molar-refractivity contribution in [3.8, 4) is 17.6 Å². The first-order chi connectivity index (χ1) is 10.6. The summed E-state index contributed by atoms with van der Waals surface area (Å²) >= 11 is 0. The van der Waals surface area contributed by atoms with Gasteiger partial charge in [0.2, 0.25) is 5.91 Å². The maximum atomic E-state index is 11.4. The molecule has 0 aliphatic carbocycles. The quantitative estimate of drug-likeness (QED) is 0.605. The normalized spacial score (nSPS) is 9.36. The fourth-order valence-electron chi connectivity index (χ4n) is 1.45. The fraction of sp³-hybridized carbons (Fsp3) is 0.438. The molecule has 0 aliphatic heterocycles. The second-order valence-corrected chi connectivity index (χ2v) is 4.36. The Kier molecular flexibility index (Phi) is 8.13. The van der Waals surface area contributed by atoms with Crippen molar-refractivity contribution in [1.29, 1.82) is 0 Å². The Morgan fingerprint density at radius 3 is 2.77 bits per heavy atom. The number of carbonyl (C=O) groups is 2. The first-order valence-electron chi connectivity index (χ1n) is 7.05. The minimum absolute atomic E-state index is 0.0800. The van der Waals surface area contributed by atoms with Gasteiger partial charge >= 0.3 is 5.97 Å². The van der Waals surface area contributed by atoms with E-state index >= 15 is 0 Å². The zero-order valence-electron chi connectivity index (χ0n) is 12.8. The molecule has 0 fully saturated rings. The molecule has 1 aromatic rings. The van der Waals surface area contributed by atoms with Crippen LogP contribution in [0.25, 0.3) is 0 Å². The Morgan fingerprint density at radius 1 is 1.27 bits per heavy atom. The van der Waals surface area contributed by atoms with Crippen LogP contribution in [-0.4, -0.2) is 36.6 Å². The van der Waals surface area contributed by atoms with Crippen molar-refractivity contribution < 1.29 is 19.1 Å². The van der Waals surface area contributed by atoms with Crippen molar-refractivity contribution in [3.63, 3.8) is 0 Å². The number of amides is 1. The molecule has 0 aromatic carbocycles. The standard InChI is InChI=1S/C16H20N2O4/c1-3-21-16(20)9-8-15(19)17-10-4-5-11-22-14-7-6-13(2)18-12-14/h6-7,12H,3,8-11H2,1-2H3,(H,17,19). The van der Waals surface area contributed by atoms with E-state index in [0.29, 0.717) is 12.4 Å².